The average Bonchev–Trinajstić information content (AvgIpc) is 2.18. The van der Waals surface area contributed by atoms with Crippen LogP contribution in [0.15, 0.2) is 18.2 Å². The first-order valence-electron chi connectivity index (χ1n) is 4.45. The lowest BCUT2D eigenvalue weighted by atomic mass is 9.98. The fraction of sp³-hybridized carbons (Fsp3) is 0.300. The van der Waals surface area contributed by atoms with Crippen molar-refractivity contribution >= 4 is 5.97 Å². The molecule has 5 heteroatoms. The summed E-state index contributed by atoms with van der Waals surface area (Å²) in [5, 5.41) is 27.1. The summed E-state index contributed by atoms with van der Waals surface area (Å²) in [6, 6.07) is 4.34. The lowest BCUT2D eigenvalue weighted by molar-refractivity contribution is -0.138. The summed E-state index contributed by atoms with van der Waals surface area (Å²) in [5.74, 6) is -1.98. The number of carboxylic acids is 1. The van der Waals surface area contributed by atoms with E-state index in [0.29, 0.717) is 11.1 Å². The van der Waals surface area contributed by atoms with Gasteiger partial charge in [-0.3, -0.25) is 4.79 Å². The molecule has 0 bridgehead atoms. The number of aliphatic carboxylic acids is 1. The van der Waals surface area contributed by atoms with Gasteiger partial charge in [0.15, 0.2) is 0 Å². The van der Waals surface area contributed by atoms with Crippen molar-refractivity contribution in [1.29, 1.82) is 0 Å². The van der Waals surface area contributed by atoms with Gasteiger partial charge in [0.2, 0.25) is 0 Å². The Kier molecular flexibility index (Phi) is 3.65. The summed E-state index contributed by atoms with van der Waals surface area (Å²) in [5.41, 5.74) is 6.11. The highest BCUT2D eigenvalue weighted by atomic mass is 16.4. The van der Waals surface area contributed by atoms with Crippen molar-refractivity contribution in [3.05, 3.63) is 29.3 Å². The molecule has 0 radical (unpaired) electrons. The maximum atomic E-state index is 10.8. The second-order valence-electron chi connectivity index (χ2n) is 3.17. The van der Waals surface area contributed by atoms with E-state index in [1.807, 2.05) is 0 Å². The highest BCUT2D eigenvalue weighted by Crippen LogP contribution is 2.23. The van der Waals surface area contributed by atoms with Crippen molar-refractivity contribution in [2.75, 3.05) is 6.54 Å². The summed E-state index contributed by atoms with van der Waals surface area (Å²) in [4.78, 5) is 10.8. The monoisotopic (exact) mass is 211 g/mol. The zero-order valence-corrected chi connectivity index (χ0v) is 8.05. The minimum atomic E-state index is -1.03. The second kappa shape index (κ2) is 4.77. The molecule has 1 aromatic carbocycles. The van der Waals surface area contributed by atoms with E-state index in [2.05, 4.69) is 0 Å². The van der Waals surface area contributed by atoms with Crippen molar-refractivity contribution in [2.45, 2.75) is 12.5 Å². The molecule has 0 aliphatic rings. The quantitative estimate of drug-likeness (QED) is 0.561. The van der Waals surface area contributed by atoms with E-state index in [-0.39, 0.29) is 18.9 Å². The Morgan fingerprint density at radius 3 is 2.53 bits per heavy atom. The van der Waals surface area contributed by atoms with Crippen LogP contribution in [-0.2, 0) is 11.4 Å². The normalized spacial score (nSPS) is 12.4. The van der Waals surface area contributed by atoms with E-state index in [9.17, 15) is 9.90 Å². The van der Waals surface area contributed by atoms with Crippen LogP contribution in [0.5, 0.6) is 5.75 Å². The Hall–Kier alpha value is -1.59. The van der Waals surface area contributed by atoms with Crippen molar-refractivity contribution in [2.24, 2.45) is 5.73 Å². The number of hydrogen-bond donors (Lipinski definition) is 4. The molecule has 1 unspecified atom stereocenters. The lowest BCUT2D eigenvalue weighted by Crippen LogP contribution is -2.21. The van der Waals surface area contributed by atoms with Gasteiger partial charge in [-0.25, -0.2) is 0 Å². The first kappa shape index (κ1) is 11.5. The number of rotatable bonds is 4. The van der Waals surface area contributed by atoms with Crippen LogP contribution in [0.4, 0.5) is 0 Å². The number of carboxylic acid groups (broad SMARTS) is 1. The zero-order chi connectivity index (χ0) is 11.4. The van der Waals surface area contributed by atoms with Gasteiger partial charge in [-0.15, -0.1) is 0 Å². The highest BCUT2D eigenvalue weighted by molar-refractivity contribution is 5.76. The number of aliphatic hydroxyl groups is 1. The Morgan fingerprint density at radius 2 is 2.13 bits per heavy atom. The molecule has 0 saturated carbocycles. The Labute approximate surface area is 86.8 Å². The molecule has 1 aromatic rings. The first-order chi connectivity index (χ1) is 7.10. The van der Waals surface area contributed by atoms with Crippen LogP contribution in [0.1, 0.15) is 17.0 Å². The maximum Gasteiger partial charge on any atom is 0.312 e. The van der Waals surface area contributed by atoms with E-state index in [0.717, 1.165) is 0 Å². The van der Waals surface area contributed by atoms with E-state index < -0.39 is 11.9 Å². The summed E-state index contributed by atoms with van der Waals surface area (Å²) in [7, 11) is 0. The third kappa shape index (κ3) is 2.45. The molecule has 5 N–H and O–H groups in total. The summed E-state index contributed by atoms with van der Waals surface area (Å²) < 4.78 is 0. The van der Waals surface area contributed by atoms with Crippen LogP contribution in [0, 0.1) is 0 Å². The number of hydrogen-bond acceptors (Lipinski definition) is 4. The Morgan fingerprint density at radius 1 is 1.47 bits per heavy atom. The number of phenols is 1. The number of aromatic hydroxyl groups is 1. The van der Waals surface area contributed by atoms with Gasteiger partial charge in [0, 0.05) is 12.1 Å². The van der Waals surface area contributed by atoms with Crippen LogP contribution < -0.4 is 5.73 Å². The zero-order valence-electron chi connectivity index (χ0n) is 8.05. The van der Waals surface area contributed by atoms with Crippen LogP contribution >= 0.6 is 0 Å². The molecule has 0 aromatic heterocycles. The number of nitrogens with two attached hydrogens (primary N) is 1. The van der Waals surface area contributed by atoms with E-state index in [4.69, 9.17) is 15.9 Å². The van der Waals surface area contributed by atoms with Gasteiger partial charge in [-0.05, 0) is 11.6 Å². The predicted molar refractivity (Wildman–Crippen MR) is 53.5 cm³/mol. The number of benzene rings is 1. The molecular formula is C10H13NO4. The fourth-order valence-corrected chi connectivity index (χ4v) is 1.31. The molecule has 0 aliphatic carbocycles. The molecule has 0 spiro atoms. The molecule has 0 heterocycles. The summed E-state index contributed by atoms with van der Waals surface area (Å²) in [6.45, 7) is -0.320. The van der Waals surface area contributed by atoms with Gasteiger partial charge in [-0.1, -0.05) is 12.1 Å². The van der Waals surface area contributed by atoms with E-state index >= 15 is 0 Å². The molecule has 15 heavy (non-hydrogen) atoms. The minimum Gasteiger partial charge on any atom is -0.508 e. The van der Waals surface area contributed by atoms with Gasteiger partial charge < -0.3 is 21.1 Å². The smallest absolute Gasteiger partial charge is 0.312 e. The van der Waals surface area contributed by atoms with E-state index in [1.54, 1.807) is 0 Å². The second-order valence-corrected chi connectivity index (χ2v) is 3.17. The van der Waals surface area contributed by atoms with Crippen molar-refractivity contribution in [3.63, 3.8) is 0 Å². The van der Waals surface area contributed by atoms with Crippen LogP contribution in [0.3, 0.4) is 0 Å². The van der Waals surface area contributed by atoms with Gasteiger partial charge in [0.1, 0.15) is 5.75 Å². The summed E-state index contributed by atoms with van der Waals surface area (Å²) >= 11 is 0. The van der Waals surface area contributed by atoms with Gasteiger partial charge in [0.25, 0.3) is 0 Å². The predicted octanol–water partition coefficient (Wildman–Crippen LogP) is 0.0114. The largest absolute Gasteiger partial charge is 0.508 e. The number of aliphatic hydroxyl groups excluding tert-OH is 1. The minimum absolute atomic E-state index is 0.0345. The van der Waals surface area contributed by atoms with E-state index in [1.165, 1.54) is 18.2 Å². The molecule has 0 aliphatic heterocycles. The van der Waals surface area contributed by atoms with Crippen LogP contribution in [-0.4, -0.2) is 27.8 Å². The standard InChI is InChI=1S/C10H13NO4/c11-4-8(10(14)15)6-1-2-7(5-12)9(13)3-6/h1-3,8,12-13H,4-5,11H2,(H,14,15). The first-order valence-corrected chi connectivity index (χ1v) is 4.45. The molecule has 0 fully saturated rings. The SMILES string of the molecule is NCC(C(=O)O)c1ccc(CO)c(O)c1. The molecule has 1 atom stereocenters. The van der Waals surface area contributed by atoms with Gasteiger partial charge >= 0.3 is 5.97 Å². The number of carbonyl (C=O) groups is 1. The molecule has 82 valence electrons. The highest BCUT2D eigenvalue weighted by Gasteiger charge is 2.18. The third-order valence-corrected chi connectivity index (χ3v) is 2.22. The average molecular weight is 211 g/mol. The molecule has 0 saturated heterocycles. The third-order valence-electron chi connectivity index (χ3n) is 2.22. The maximum absolute atomic E-state index is 10.8. The molecular weight excluding hydrogens is 198 g/mol. The molecule has 1 rings (SSSR count). The lowest BCUT2D eigenvalue weighted by Gasteiger charge is -2.11. The van der Waals surface area contributed by atoms with Gasteiger partial charge in [0.05, 0.1) is 12.5 Å². The van der Waals surface area contributed by atoms with Crippen LogP contribution in [0.25, 0.3) is 0 Å². The van der Waals surface area contributed by atoms with Crippen LogP contribution in [0.2, 0.25) is 0 Å². The fourth-order valence-electron chi connectivity index (χ4n) is 1.31. The molecule has 0 amide bonds. The van der Waals surface area contributed by atoms with Crippen molar-refractivity contribution in [3.8, 4) is 5.75 Å². The topological polar surface area (TPSA) is 104 Å². The Bertz CT molecular complexity index is 364. The molecule has 5 nitrogen and oxygen atoms in total. The van der Waals surface area contributed by atoms with Gasteiger partial charge in [-0.2, -0.15) is 0 Å². The summed E-state index contributed by atoms with van der Waals surface area (Å²) in [6.07, 6.45) is 0. The van der Waals surface area contributed by atoms with Crippen molar-refractivity contribution in [1.82, 2.24) is 0 Å². The Balaban J connectivity index is 3.05. The van der Waals surface area contributed by atoms with Crippen molar-refractivity contribution < 1.29 is 20.1 Å².